The van der Waals surface area contributed by atoms with E-state index >= 15 is 0 Å². The van der Waals surface area contributed by atoms with Gasteiger partial charge in [-0.3, -0.25) is 0 Å². The predicted molar refractivity (Wildman–Crippen MR) is 254 cm³/mol. The fraction of sp³-hybridized carbons (Fsp3) is 0. The topological polar surface area (TPSA) is 26.6 Å². The van der Waals surface area contributed by atoms with Gasteiger partial charge in [-0.25, -0.2) is 0 Å². The van der Waals surface area contributed by atoms with Gasteiger partial charge in [-0.2, -0.15) is 0 Å². The van der Waals surface area contributed by atoms with Crippen molar-refractivity contribution in [1.82, 2.24) is 4.57 Å². The van der Waals surface area contributed by atoms with Crippen LogP contribution in [0.3, 0.4) is 0 Å². The van der Waals surface area contributed by atoms with E-state index in [2.05, 4.69) is 222 Å². The van der Waals surface area contributed by atoms with Gasteiger partial charge < -0.3 is 18.9 Å². The molecule has 0 spiro atoms. The minimum absolute atomic E-state index is 0.0955. The first-order valence-corrected chi connectivity index (χ1v) is 20.9. The first-order chi connectivity index (χ1) is 30.3. The third-order valence-corrected chi connectivity index (χ3v) is 12.6. The first-order valence-electron chi connectivity index (χ1n) is 20.9. The summed E-state index contributed by atoms with van der Waals surface area (Å²) in [7, 11) is 0. The van der Waals surface area contributed by atoms with Crippen LogP contribution in [-0.4, -0.2) is 11.3 Å². The molecular formula is C56H35BN2O2. The Morgan fingerprint density at radius 1 is 0.393 bits per heavy atom. The van der Waals surface area contributed by atoms with Crippen molar-refractivity contribution in [2.24, 2.45) is 0 Å². The zero-order valence-corrected chi connectivity index (χ0v) is 33.0. The van der Waals surface area contributed by atoms with E-state index in [4.69, 9.17) is 9.47 Å². The van der Waals surface area contributed by atoms with Crippen LogP contribution in [0.2, 0.25) is 0 Å². The summed E-state index contributed by atoms with van der Waals surface area (Å²) in [5, 5.41) is 6.67. The Morgan fingerprint density at radius 3 is 1.66 bits per heavy atom. The normalized spacial score (nSPS) is 12.5. The van der Waals surface area contributed by atoms with Gasteiger partial charge in [-0.05, 0) is 87.4 Å². The highest BCUT2D eigenvalue weighted by molar-refractivity contribution is 6.98. The van der Waals surface area contributed by atoms with Crippen LogP contribution in [0.1, 0.15) is 0 Å². The maximum Gasteiger partial charge on any atom is 0.260 e. The number of anilines is 3. The number of para-hydroxylation sites is 2. The van der Waals surface area contributed by atoms with Gasteiger partial charge in [0, 0.05) is 50.4 Å². The second-order valence-corrected chi connectivity index (χ2v) is 16.0. The summed E-state index contributed by atoms with van der Waals surface area (Å²) in [5.74, 6) is 3.46. The van der Waals surface area contributed by atoms with E-state index in [9.17, 15) is 0 Å². The molecule has 2 aliphatic rings. The molecule has 4 nitrogen and oxygen atoms in total. The van der Waals surface area contributed by atoms with Gasteiger partial charge in [0.25, 0.3) is 6.71 Å². The molecule has 0 saturated heterocycles. The Bertz CT molecular complexity index is 3500. The molecule has 0 amide bonds. The minimum Gasteiger partial charge on any atom is -0.458 e. The lowest BCUT2D eigenvalue weighted by Crippen LogP contribution is -2.57. The molecule has 5 heteroatoms. The van der Waals surface area contributed by atoms with Crippen LogP contribution >= 0.6 is 0 Å². The molecule has 11 aromatic rings. The van der Waals surface area contributed by atoms with Crippen LogP contribution in [0.15, 0.2) is 212 Å². The zero-order valence-electron chi connectivity index (χ0n) is 33.0. The summed E-state index contributed by atoms with van der Waals surface area (Å²) >= 11 is 0. The van der Waals surface area contributed by atoms with Crippen LogP contribution in [0.4, 0.5) is 17.1 Å². The summed E-state index contributed by atoms with van der Waals surface area (Å²) in [6.45, 7) is -0.0955. The Labute approximate surface area is 353 Å². The van der Waals surface area contributed by atoms with E-state index in [1.54, 1.807) is 0 Å². The third kappa shape index (κ3) is 5.14. The second-order valence-electron chi connectivity index (χ2n) is 16.0. The smallest absolute Gasteiger partial charge is 0.260 e. The largest absolute Gasteiger partial charge is 0.458 e. The highest BCUT2D eigenvalue weighted by Crippen LogP contribution is 2.48. The summed E-state index contributed by atoms with van der Waals surface area (Å²) in [4.78, 5) is 2.33. The van der Waals surface area contributed by atoms with Crippen molar-refractivity contribution in [3.05, 3.63) is 212 Å². The number of fused-ring (bicyclic) bond motifs is 12. The van der Waals surface area contributed by atoms with Crippen molar-refractivity contribution in [2.45, 2.75) is 0 Å². The van der Waals surface area contributed by atoms with Crippen LogP contribution in [0, 0.1) is 0 Å². The fourth-order valence-corrected chi connectivity index (χ4v) is 9.95. The Morgan fingerprint density at radius 2 is 0.984 bits per heavy atom. The van der Waals surface area contributed by atoms with Crippen LogP contribution in [0.5, 0.6) is 23.0 Å². The highest BCUT2D eigenvalue weighted by atomic mass is 16.5. The lowest BCUT2D eigenvalue weighted by Gasteiger charge is -2.34. The standard InChI is InChI=1S/C56H35BN2O2/c1-4-15-36(16-5-1)39-19-14-24-42(33-39)59-49-34-43(58(40-20-6-2-7-21-40)41-22-8-3-9-23-41)29-30-46(49)52-50(59)35-51-53-56(52)61-55-45-26-13-11-18-38(45)28-32-48(55)57(53)47-31-27-37-17-10-12-25-44(37)54(47)60-51/h1-35H. The quantitative estimate of drug-likeness (QED) is 0.163. The van der Waals surface area contributed by atoms with Gasteiger partial charge >= 0.3 is 0 Å². The molecule has 2 aliphatic heterocycles. The van der Waals surface area contributed by atoms with Gasteiger partial charge in [-0.15, -0.1) is 0 Å². The summed E-state index contributed by atoms with van der Waals surface area (Å²) in [6, 6.07) is 75.9. The number of rotatable bonds is 5. The molecule has 0 saturated carbocycles. The Balaban J connectivity index is 1.15. The van der Waals surface area contributed by atoms with Crippen LogP contribution in [0.25, 0.3) is 60.2 Å². The zero-order chi connectivity index (χ0) is 40.0. The van der Waals surface area contributed by atoms with Crippen molar-refractivity contribution < 1.29 is 9.47 Å². The van der Waals surface area contributed by atoms with E-state index in [1.807, 2.05) is 0 Å². The molecule has 0 atom stereocenters. The maximum atomic E-state index is 7.42. The average Bonchev–Trinajstić information content (AvgIpc) is 3.66. The molecule has 1 aromatic heterocycles. The van der Waals surface area contributed by atoms with Gasteiger partial charge in [0.15, 0.2) is 0 Å². The molecule has 0 N–H and O–H groups in total. The number of nitrogens with zero attached hydrogens (tertiary/aromatic N) is 2. The van der Waals surface area contributed by atoms with E-state index in [-0.39, 0.29) is 6.71 Å². The van der Waals surface area contributed by atoms with Crippen molar-refractivity contribution in [2.75, 3.05) is 4.90 Å². The van der Waals surface area contributed by atoms with Gasteiger partial charge in [0.1, 0.15) is 23.0 Å². The average molecular weight is 779 g/mol. The summed E-state index contributed by atoms with van der Waals surface area (Å²) in [6.07, 6.45) is 0. The number of benzene rings is 10. The van der Waals surface area contributed by atoms with Crippen LogP contribution in [-0.2, 0) is 0 Å². The summed E-state index contributed by atoms with van der Waals surface area (Å²) in [5.41, 5.74) is 12.0. The molecule has 0 aliphatic carbocycles. The number of ether oxygens (including phenoxy) is 2. The van der Waals surface area contributed by atoms with E-state index in [0.29, 0.717) is 0 Å². The van der Waals surface area contributed by atoms with E-state index in [1.165, 1.54) is 5.56 Å². The SMILES string of the molecule is c1ccc(-c2cccc(-n3c4cc(N(c5ccccc5)c5ccccc5)ccc4c4c5c6c(cc43)Oc3c(ccc4ccccc34)B6c3ccc4ccccc4c3O5)c2)cc1. The Hall–Kier alpha value is -8.02. The maximum absolute atomic E-state index is 7.42. The molecule has 10 aromatic carbocycles. The van der Waals surface area contributed by atoms with E-state index in [0.717, 1.165) is 111 Å². The second kappa shape index (κ2) is 13.3. The van der Waals surface area contributed by atoms with E-state index < -0.39 is 0 Å². The lowest BCUT2D eigenvalue weighted by molar-refractivity contribution is 0.474. The molecule has 0 fully saturated rings. The fourth-order valence-electron chi connectivity index (χ4n) is 9.95. The number of hydrogen-bond acceptors (Lipinski definition) is 3. The van der Waals surface area contributed by atoms with Crippen molar-refractivity contribution in [3.8, 4) is 39.8 Å². The van der Waals surface area contributed by atoms with Gasteiger partial charge in [0.2, 0.25) is 0 Å². The molecule has 13 rings (SSSR count). The molecular weight excluding hydrogens is 743 g/mol. The molecule has 0 bridgehead atoms. The molecule has 0 unspecified atom stereocenters. The number of hydrogen-bond donors (Lipinski definition) is 0. The van der Waals surface area contributed by atoms with Crippen molar-refractivity contribution in [3.63, 3.8) is 0 Å². The van der Waals surface area contributed by atoms with Crippen molar-refractivity contribution >= 4 is 83.5 Å². The van der Waals surface area contributed by atoms with Gasteiger partial charge in [0.05, 0.1) is 16.4 Å². The summed E-state index contributed by atoms with van der Waals surface area (Å²) < 4.78 is 17.0. The Kier molecular flexibility index (Phi) is 7.37. The molecule has 3 heterocycles. The van der Waals surface area contributed by atoms with Crippen LogP contribution < -0.4 is 30.8 Å². The van der Waals surface area contributed by atoms with Gasteiger partial charge in [-0.1, -0.05) is 152 Å². The minimum atomic E-state index is -0.0955. The third-order valence-electron chi connectivity index (χ3n) is 12.6. The molecule has 284 valence electrons. The number of aromatic nitrogens is 1. The van der Waals surface area contributed by atoms with Crippen molar-refractivity contribution in [1.29, 1.82) is 0 Å². The monoisotopic (exact) mass is 778 g/mol. The molecule has 0 radical (unpaired) electrons. The highest BCUT2D eigenvalue weighted by Gasteiger charge is 2.43. The first kappa shape index (κ1) is 33.9. The lowest BCUT2D eigenvalue weighted by atomic mass is 9.34. The molecule has 61 heavy (non-hydrogen) atoms. The predicted octanol–water partition coefficient (Wildman–Crippen LogP) is 13.0.